The molecule has 2 rings (SSSR count). The summed E-state index contributed by atoms with van der Waals surface area (Å²) in [5, 5.41) is 2.08. The second-order valence-electron chi connectivity index (χ2n) is 5.22. The van der Waals surface area contributed by atoms with E-state index in [4.69, 9.17) is 5.73 Å². The minimum atomic E-state index is -0.0569. The fraction of sp³-hybridized carbons (Fsp3) is 0.615. The molecule has 0 aliphatic carbocycles. The Morgan fingerprint density at radius 2 is 2.29 bits per heavy atom. The summed E-state index contributed by atoms with van der Waals surface area (Å²) in [6, 6.07) is 2.13. The lowest BCUT2D eigenvalue weighted by atomic mass is 10.1. The molecule has 2 unspecified atom stereocenters. The molecule has 1 amide bonds. The van der Waals surface area contributed by atoms with E-state index in [9.17, 15) is 4.79 Å². The molecule has 0 aromatic carbocycles. The van der Waals surface area contributed by atoms with Crippen molar-refractivity contribution < 1.29 is 4.79 Å². The van der Waals surface area contributed by atoms with Gasteiger partial charge in [0.2, 0.25) is 5.91 Å². The Hall–Kier alpha value is -0.870. The summed E-state index contributed by atoms with van der Waals surface area (Å²) in [5.74, 6) is 0.677. The maximum absolute atomic E-state index is 12.0. The van der Waals surface area contributed by atoms with Crippen molar-refractivity contribution in [2.75, 3.05) is 6.54 Å². The lowest BCUT2D eigenvalue weighted by molar-refractivity contribution is -0.129. The second kappa shape index (κ2) is 4.78. The van der Waals surface area contributed by atoms with Crippen LogP contribution in [0.5, 0.6) is 0 Å². The van der Waals surface area contributed by atoms with Crippen LogP contribution in [0.4, 0.5) is 0 Å². The molecule has 0 saturated carbocycles. The van der Waals surface area contributed by atoms with Crippen molar-refractivity contribution in [1.82, 2.24) is 4.90 Å². The SMILES string of the molecule is Cc1ccsc1C1C(N)CC(=O)N1CC(C)C. The van der Waals surface area contributed by atoms with Crippen LogP contribution in [0.15, 0.2) is 11.4 Å². The van der Waals surface area contributed by atoms with Gasteiger partial charge >= 0.3 is 0 Å². The topological polar surface area (TPSA) is 46.3 Å². The zero-order chi connectivity index (χ0) is 12.6. The predicted octanol–water partition coefficient (Wildman–Crippen LogP) is 2.31. The lowest BCUT2D eigenvalue weighted by Gasteiger charge is -2.28. The third-order valence-electron chi connectivity index (χ3n) is 3.20. The van der Waals surface area contributed by atoms with E-state index in [2.05, 4.69) is 32.2 Å². The molecule has 4 heteroatoms. The van der Waals surface area contributed by atoms with Gasteiger partial charge in [-0.25, -0.2) is 0 Å². The van der Waals surface area contributed by atoms with Gasteiger partial charge < -0.3 is 10.6 Å². The summed E-state index contributed by atoms with van der Waals surface area (Å²) in [6.07, 6.45) is 0.481. The van der Waals surface area contributed by atoms with Crippen molar-refractivity contribution in [3.05, 3.63) is 21.9 Å². The van der Waals surface area contributed by atoms with Crippen molar-refractivity contribution in [2.45, 2.75) is 39.3 Å². The molecule has 2 heterocycles. The molecule has 0 radical (unpaired) electrons. The monoisotopic (exact) mass is 252 g/mol. The maximum atomic E-state index is 12.0. The van der Waals surface area contributed by atoms with Crippen LogP contribution in [0.3, 0.4) is 0 Å². The number of rotatable bonds is 3. The van der Waals surface area contributed by atoms with Gasteiger partial charge in [0.15, 0.2) is 0 Å². The Labute approximate surface area is 107 Å². The molecule has 94 valence electrons. The number of carbonyl (C=O) groups is 1. The van der Waals surface area contributed by atoms with E-state index in [1.54, 1.807) is 11.3 Å². The van der Waals surface area contributed by atoms with E-state index in [1.807, 2.05) is 4.90 Å². The van der Waals surface area contributed by atoms with Crippen LogP contribution >= 0.6 is 11.3 Å². The van der Waals surface area contributed by atoms with Crippen LogP contribution in [0.1, 0.15) is 36.8 Å². The largest absolute Gasteiger partial charge is 0.333 e. The molecule has 1 aromatic heterocycles. The van der Waals surface area contributed by atoms with E-state index in [-0.39, 0.29) is 18.0 Å². The molecule has 1 aliphatic heterocycles. The standard InChI is InChI=1S/C13H20N2OS/c1-8(2)7-15-11(16)6-10(14)12(15)13-9(3)4-5-17-13/h4-5,8,10,12H,6-7,14H2,1-3H3. The van der Waals surface area contributed by atoms with Gasteiger partial charge in [0.25, 0.3) is 0 Å². The van der Waals surface area contributed by atoms with Crippen molar-refractivity contribution >= 4 is 17.2 Å². The molecule has 1 saturated heterocycles. The van der Waals surface area contributed by atoms with E-state index in [1.165, 1.54) is 10.4 Å². The lowest BCUT2D eigenvalue weighted by Crippen LogP contribution is -2.35. The quantitative estimate of drug-likeness (QED) is 0.897. The predicted molar refractivity (Wildman–Crippen MR) is 70.9 cm³/mol. The number of nitrogens with two attached hydrogens (primary N) is 1. The molecule has 0 bridgehead atoms. The molecular weight excluding hydrogens is 232 g/mol. The normalized spacial score (nSPS) is 25.0. The summed E-state index contributed by atoms with van der Waals surface area (Å²) < 4.78 is 0. The third kappa shape index (κ3) is 2.38. The number of amides is 1. The van der Waals surface area contributed by atoms with Gasteiger partial charge in [0, 0.05) is 23.9 Å². The van der Waals surface area contributed by atoms with Crippen LogP contribution in [0.25, 0.3) is 0 Å². The zero-order valence-corrected chi connectivity index (χ0v) is 11.5. The third-order valence-corrected chi connectivity index (χ3v) is 4.29. The number of thiophene rings is 1. The summed E-state index contributed by atoms with van der Waals surface area (Å²) in [4.78, 5) is 15.2. The van der Waals surface area contributed by atoms with Gasteiger partial charge in [-0.15, -0.1) is 11.3 Å². The highest BCUT2D eigenvalue weighted by Gasteiger charge is 2.39. The van der Waals surface area contributed by atoms with Gasteiger partial charge in [-0.3, -0.25) is 4.79 Å². The van der Waals surface area contributed by atoms with E-state index in [0.717, 1.165) is 6.54 Å². The van der Waals surface area contributed by atoms with Gasteiger partial charge in [-0.2, -0.15) is 0 Å². The average Bonchev–Trinajstić information content (AvgIpc) is 2.72. The molecule has 1 aromatic rings. The first-order valence-corrected chi connectivity index (χ1v) is 6.97. The van der Waals surface area contributed by atoms with Crippen molar-refractivity contribution in [3.8, 4) is 0 Å². The van der Waals surface area contributed by atoms with E-state index < -0.39 is 0 Å². The Morgan fingerprint density at radius 3 is 2.82 bits per heavy atom. The molecule has 2 atom stereocenters. The number of hydrogen-bond donors (Lipinski definition) is 1. The van der Waals surface area contributed by atoms with Crippen molar-refractivity contribution in [2.24, 2.45) is 11.7 Å². The Balaban J connectivity index is 2.29. The minimum absolute atomic E-state index is 0.0569. The highest BCUT2D eigenvalue weighted by molar-refractivity contribution is 7.10. The summed E-state index contributed by atoms with van der Waals surface area (Å²) in [7, 11) is 0. The van der Waals surface area contributed by atoms with Gasteiger partial charge in [0.05, 0.1) is 6.04 Å². The number of hydrogen-bond acceptors (Lipinski definition) is 3. The zero-order valence-electron chi connectivity index (χ0n) is 10.6. The first-order chi connectivity index (χ1) is 8.00. The summed E-state index contributed by atoms with van der Waals surface area (Å²) in [6.45, 7) is 7.16. The van der Waals surface area contributed by atoms with Crippen LogP contribution in [-0.4, -0.2) is 23.4 Å². The van der Waals surface area contributed by atoms with Crippen LogP contribution in [0.2, 0.25) is 0 Å². The minimum Gasteiger partial charge on any atom is -0.333 e. The Bertz CT molecular complexity index is 413. The van der Waals surface area contributed by atoms with Gasteiger partial charge in [0.1, 0.15) is 0 Å². The van der Waals surface area contributed by atoms with Gasteiger partial charge in [-0.1, -0.05) is 13.8 Å². The first-order valence-electron chi connectivity index (χ1n) is 6.09. The molecule has 1 fully saturated rings. The van der Waals surface area contributed by atoms with Crippen LogP contribution < -0.4 is 5.73 Å². The fourth-order valence-electron chi connectivity index (χ4n) is 2.45. The second-order valence-corrected chi connectivity index (χ2v) is 6.17. The fourth-order valence-corrected chi connectivity index (χ4v) is 3.56. The van der Waals surface area contributed by atoms with Crippen molar-refractivity contribution in [3.63, 3.8) is 0 Å². The average molecular weight is 252 g/mol. The van der Waals surface area contributed by atoms with E-state index in [0.29, 0.717) is 12.3 Å². The molecular formula is C13H20N2OS. The highest BCUT2D eigenvalue weighted by atomic mass is 32.1. The maximum Gasteiger partial charge on any atom is 0.224 e. The Kier molecular flexibility index (Phi) is 3.54. The highest BCUT2D eigenvalue weighted by Crippen LogP contribution is 2.37. The smallest absolute Gasteiger partial charge is 0.224 e. The van der Waals surface area contributed by atoms with Gasteiger partial charge in [-0.05, 0) is 29.9 Å². The Morgan fingerprint density at radius 1 is 1.59 bits per heavy atom. The number of nitrogens with zero attached hydrogens (tertiary/aromatic N) is 1. The van der Waals surface area contributed by atoms with Crippen LogP contribution in [-0.2, 0) is 4.79 Å². The van der Waals surface area contributed by atoms with Crippen molar-refractivity contribution in [1.29, 1.82) is 0 Å². The summed E-state index contributed by atoms with van der Waals surface area (Å²) in [5.41, 5.74) is 7.39. The van der Waals surface area contributed by atoms with Crippen LogP contribution in [0, 0.1) is 12.8 Å². The van der Waals surface area contributed by atoms with E-state index >= 15 is 0 Å². The molecule has 1 aliphatic rings. The number of aryl methyl sites for hydroxylation is 1. The number of carbonyl (C=O) groups excluding carboxylic acids is 1. The molecule has 17 heavy (non-hydrogen) atoms. The molecule has 0 spiro atoms. The molecule has 3 nitrogen and oxygen atoms in total. The molecule has 2 N–H and O–H groups in total. The summed E-state index contributed by atoms with van der Waals surface area (Å²) >= 11 is 1.71. The first kappa shape index (κ1) is 12.6. The number of likely N-dealkylation sites (tertiary alicyclic amines) is 1.